The van der Waals surface area contributed by atoms with Gasteiger partial charge in [0.05, 0.1) is 28.6 Å². The number of hydrogen-bond acceptors (Lipinski definition) is 6. The van der Waals surface area contributed by atoms with Gasteiger partial charge in [-0.3, -0.25) is 14.9 Å². The van der Waals surface area contributed by atoms with Crippen LogP contribution in [0.25, 0.3) is 5.69 Å². The molecule has 0 spiro atoms. The Kier molecular flexibility index (Phi) is 5.64. The van der Waals surface area contributed by atoms with E-state index in [1.807, 2.05) is 13.0 Å². The molecule has 1 aromatic heterocycles. The van der Waals surface area contributed by atoms with Crippen LogP contribution in [0.3, 0.4) is 0 Å². The quantitative estimate of drug-likeness (QED) is 0.495. The zero-order chi connectivity index (χ0) is 20.1. The minimum Gasteiger partial charge on any atom is -0.491 e. The number of hydrogen-bond donors (Lipinski definition) is 1. The summed E-state index contributed by atoms with van der Waals surface area (Å²) < 4.78 is 7.03. The molecule has 0 bridgehead atoms. The first-order valence-corrected chi connectivity index (χ1v) is 8.71. The lowest BCUT2D eigenvalue weighted by Crippen LogP contribution is -2.15. The van der Waals surface area contributed by atoms with Crippen molar-refractivity contribution >= 4 is 17.3 Å². The maximum atomic E-state index is 12.7. The monoisotopic (exact) mass is 381 g/mol. The smallest absolute Gasteiger partial charge is 0.278 e. The molecule has 3 rings (SSSR count). The number of benzene rings is 2. The lowest BCUT2D eigenvalue weighted by atomic mass is 10.2. The van der Waals surface area contributed by atoms with Gasteiger partial charge in [0.1, 0.15) is 5.75 Å². The minimum absolute atomic E-state index is 0.0691. The molecule has 0 radical (unpaired) electrons. The molecule has 0 aliphatic carbocycles. The summed E-state index contributed by atoms with van der Waals surface area (Å²) in [6, 6.07) is 13.1. The molecule has 9 heteroatoms. The van der Waals surface area contributed by atoms with Crippen molar-refractivity contribution in [3.8, 4) is 11.4 Å². The summed E-state index contributed by atoms with van der Waals surface area (Å²) in [7, 11) is 0. The Balaban J connectivity index is 1.85. The maximum Gasteiger partial charge on any atom is 0.278 e. The van der Waals surface area contributed by atoms with Gasteiger partial charge in [0, 0.05) is 12.1 Å². The molecule has 9 nitrogen and oxygen atoms in total. The van der Waals surface area contributed by atoms with Crippen molar-refractivity contribution in [3.63, 3.8) is 0 Å². The molecule has 0 aliphatic rings. The third-order valence-corrected chi connectivity index (χ3v) is 3.99. The van der Waals surface area contributed by atoms with Gasteiger partial charge < -0.3 is 10.1 Å². The Hall–Kier alpha value is -3.75. The van der Waals surface area contributed by atoms with E-state index in [0.717, 1.165) is 6.42 Å². The molecule has 0 unspecified atom stereocenters. The second-order valence-corrected chi connectivity index (χ2v) is 6.01. The zero-order valence-electron chi connectivity index (χ0n) is 15.5. The molecular weight excluding hydrogens is 362 g/mol. The molecule has 0 saturated heterocycles. The maximum absolute atomic E-state index is 12.7. The highest BCUT2D eigenvalue weighted by molar-refractivity contribution is 6.04. The van der Waals surface area contributed by atoms with Crippen molar-refractivity contribution in [1.29, 1.82) is 0 Å². The molecular formula is C19H19N5O4. The Morgan fingerprint density at radius 1 is 1.25 bits per heavy atom. The van der Waals surface area contributed by atoms with Crippen molar-refractivity contribution in [3.05, 3.63) is 70.0 Å². The van der Waals surface area contributed by atoms with Crippen LogP contribution in [0.4, 0.5) is 11.4 Å². The molecule has 3 aromatic rings. The van der Waals surface area contributed by atoms with Gasteiger partial charge in [0.2, 0.25) is 0 Å². The molecule has 0 fully saturated rings. The van der Waals surface area contributed by atoms with Gasteiger partial charge in [-0.15, -0.1) is 5.10 Å². The van der Waals surface area contributed by atoms with Crippen LogP contribution in [0.1, 0.15) is 29.5 Å². The van der Waals surface area contributed by atoms with Gasteiger partial charge in [-0.05, 0) is 31.5 Å². The van der Waals surface area contributed by atoms with E-state index in [9.17, 15) is 14.9 Å². The van der Waals surface area contributed by atoms with E-state index in [2.05, 4.69) is 15.6 Å². The van der Waals surface area contributed by atoms with Crippen LogP contribution < -0.4 is 10.1 Å². The highest BCUT2D eigenvalue weighted by Gasteiger charge is 2.19. The first kappa shape index (κ1) is 19.0. The van der Waals surface area contributed by atoms with Gasteiger partial charge in [0.15, 0.2) is 5.69 Å². The average molecular weight is 381 g/mol. The lowest BCUT2D eigenvalue weighted by Gasteiger charge is -2.11. The number of aromatic nitrogens is 3. The van der Waals surface area contributed by atoms with Gasteiger partial charge in [0.25, 0.3) is 11.6 Å². The molecule has 1 heterocycles. The summed E-state index contributed by atoms with van der Waals surface area (Å²) in [6.07, 6.45) is 0.846. The van der Waals surface area contributed by atoms with Gasteiger partial charge >= 0.3 is 0 Å². The molecule has 2 aromatic carbocycles. The second-order valence-electron chi connectivity index (χ2n) is 6.01. The number of carbonyl (C=O) groups excluding carboxylic acids is 1. The number of nitrogens with one attached hydrogen (secondary N) is 1. The lowest BCUT2D eigenvalue weighted by molar-refractivity contribution is -0.384. The van der Waals surface area contributed by atoms with Gasteiger partial charge in [-0.25, -0.2) is 4.68 Å². The molecule has 144 valence electrons. The zero-order valence-corrected chi connectivity index (χ0v) is 15.5. The number of nitro benzene ring substituents is 1. The summed E-state index contributed by atoms with van der Waals surface area (Å²) in [4.78, 5) is 23.2. The van der Waals surface area contributed by atoms with E-state index in [0.29, 0.717) is 29.4 Å². The van der Waals surface area contributed by atoms with E-state index in [1.54, 1.807) is 37.3 Å². The molecule has 0 aliphatic heterocycles. The fraction of sp³-hybridized carbons (Fsp3) is 0.211. The normalized spacial score (nSPS) is 10.5. The van der Waals surface area contributed by atoms with Crippen LogP contribution in [-0.2, 0) is 0 Å². The van der Waals surface area contributed by atoms with Crippen molar-refractivity contribution < 1.29 is 14.5 Å². The fourth-order valence-electron chi connectivity index (χ4n) is 2.61. The third-order valence-electron chi connectivity index (χ3n) is 3.99. The van der Waals surface area contributed by atoms with E-state index >= 15 is 0 Å². The molecule has 28 heavy (non-hydrogen) atoms. The summed E-state index contributed by atoms with van der Waals surface area (Å²) in [5.41, 5.74) is 1.50. The van der Waals surface area contributed by atoms with Crippen molar-refractivity contribution in [2.24, 2.45) is 0 Å². The SMILES string of the molecule is CCCOc1ccccc1NC(=O)c1nnn(-c2cccc([N+](=O)[O-])c2)c1C. The minimum atomic E-state index is -0.489. The summed E-state index contributed by atoms with van der Waals surface area (Å²) in [5, 5.41) is 21.7. The number of amides is 1. The Bertz CT molecular complexity index is 1020. The van der Waals surface area contributed by atoms with E-state index in [4.69, 9.17) is 4.74 Å². The van der Waals surface area contributed by atoms with E-state index < -0.39 is 10.8 Å². The van der Waals surface area contributed by atoms with Crippen molar-refractivity contribution in [2.45, 2.75) is 20.3 Å². The van der Waals surface area contributed by atoms with Crippen molar-refractivity contribution in [1.82, 2.24) is 15.0 Å². The van der Waals surface area contributed by atoms with Crippen LogP contribution in [0.15, 0.2) is 48.5 Å². The molecule has 1 N–H and O–H groups in total. The number of carbonyl (C=O) groups is 1. The number of ether oxygens (including phenoxy) is 1. The Morgan fingerprint density at radius 3 is 2.79 bits per heavy atom. The van der Waals surface area contributed by atoms with E-state index in [1.165, 1.54) is 16.8 Å². The number of anilines is 1. The number of para-hydroxylation sites is 2. The largest absolute Gasteiger partial charge is 0.491 e. The summed E-state index contributed by atoms with van der Waals surface area (Å²) >= 11 is 0. The number of non-ortho nitro benzene ring substituents is 1. The topological polar surface area (TPSA) is 112 Å². The van der Waals surface area contributed by atoms with Crippen LogP contribution >= 0.6 is 0 Å². The molecule has 0 atom stereocenters. The van der Waals surface area contributed by atoms with E-state index in [-0.39, 0.29) is 11.4 Å². The van der Waals surface area contributed by atoms with Gasteiger partial charge in [-0.2, -0.15) is 0 Å². The highest BCUT2D eigenvalue weighted by Crippen LogP contribution is 2.25. The predicted octanol–water partition coefficient (Wildman–Crippen LogP) is 3.53. The molecule has 0 saturated carbocycles. The molecule has 1 amide bonds. The van der Waals surface area contributed by atoms with Crippen LogP contribution in [0, 0.1) is 17.0 Å². The van der Waals surface area contributed by atoms with Crippen LogP contribution in [-0.4, -0.2) is 32.4 Å². The third kappa shape index (κ3) is 3.98. The van der Waals surface area contributed by atoms with Crippen molar-refractivity contribution in [2.75, 3.05) is 11.9 Å². The standard InChI is InChI=1S/C19H19N5O4/c1-3-11-28-17-10-5-4-9-16(17)20-19(25)18-13(2)23(22-21-18)14-7-6-8-15(12-14)24(26)27/h4-10,12H,3,11H2,1-2H3,(H,20,25). The second kappa shape index (κ2) is 8.30. The Labute approximate surface area is 161 Å². The van der Waals surface area contributed by atoms with Crippen LogP contribution in [0.5, 0.6) is 5.75 Å². The van der Waals surface area contributed by atoms with Crippen LogP contribution in [0.2, 0.25) is 0 Å². The fourth-order valence-corrected chi connectivity index (χ4v) is 2.61. The Morgan fingerprint density at radius 2 is 2.04 bits per heavy atom. The number of nitro groups is 1. The summed E-state index contributed by atoms with van der Waals surface area (Å²) in [5.74, 6) is 0.128. The highest BCUT2D eigenvalue weighted by atomic mass is 16.6. The van der Waals surface area contributed by atoms with Gasteiger partial charge in [-0.1, -0.05) is 30.3 Å². The number of nitrogens with zero attached hydrogens (tertiary/aromatic N) is 4. The first-order chi connectivity index (χ1) is 13.5. The average Bonchev–Trinajstić information content (AvgIpc) is 3.09. The summed E-state index contributed by atoms with van der Waals surface area (Å²) in [6.45, 7) is 4.21. The number of rotatable bonds is 7. The first-order valence-electron chi connectivity index (χ1n) is 8.71. The predicted molar refractivity (Wildman–Crippen MR) is 103 cm³/mol.